The first kappa shape index (κ1) is 19.5. The third-order valence-corrected chi connectivity index (χ3v) is 7.64. The Bertz CT molecular complexity index is 1000. The van der Waals surface area contributed by atoms with Gasteiger partial charge >= 0.3 is 0 Å². The van der Waals surface area contributed by atoms with Crippen LogP contribution in [0.5, 0.6) is 0 Å². The van der Waals surface area contributed by atoms with Gasteiger partial charge in [-0.1, -0.05) is 50.5 Å². The molecule has 2 aromatic heterocycles. The highest BCUT2D eigenvalue weighted by atomic mass is 32.2. The average Bonchev–Trinajstić information content (AvgIpc) is 3.02. The van der Waals surface area contributed by atoms with Gasteiger partial charge in [-0.15, -0.1) is 0 Å². The highest BCUT2D eigenvalue weighted by Crippen LogP contribution is 2.35. The van der Waals surface area contributed by atoms with Crippen molar-refractivity contribution in [3.05, 3.63) is 42.3 Å². The van der Waals surface area contributed by atoms with Gasteiger partial charge in [0.2, 0.25) is 10.0 Å². The smallest absolute Gasteiger partial charge is 0.249 e. The average molecular weight is 389 g/mol. The highest BCUT2D eigenvalue weighted by molar-refractivity contribution is 7.91. The summed E-state index contributed by atoms with van der Waals surface area (Å²) in [6.45, 7) is 3.90. The maximum absolute atomic E-state index is 13.7. The predicted octanol–water partition coefficient (Wildman–Crippen LogP) is 3.78. The Labute approximate surface area is 161 Å². The van der Waals surface area contributed by atoms with Crippen molar-refractivity contribution < 1.29 is 8.42 Å². The summed E-state index contributed by atoms with van der Waals surface area (Å²) in [6.07, 6.45) is 14.0. The van der Waals surface area contributed by atoms with Crippen LogP contribution in [0.1, 0.15) is 51.6 Å². The van der Waals surface area contributed by atoms with Crippen molar-refractivity contribution in [1.29, 1.82) is 0 Å². The molecule has 1 aliphatic rings. The molecular formula is C20H28N4O2S. The number of hydrogen-bond acceptors (Lipinski definition) is 5. The second kappa shape index (κ2) is 7.38. The zero-order valence-corrected chi connectivity index (χ0v) is 16.8. The van der Waals surface area contributed by atoms with Crippen molar-refractivity contribution in [2.45, 2.75) is 57.1 Å². The quantitative estimate of drug-likeness (QED) is 0.703. The largest absolute Gasteiger partial charge is 0.396 e. The zero-order chi connectivity index (χ0) is 19.7. The number of unbranched alkanes of at least 4 members (excludes halogenated alkanes) is 3. The Hall–Kier alpha value is -2.28. The third-order valence-electron chi connectivity index (χ3n) is 5.27. The van der Waals surface area contributed by atoms with E-state index in [0.717, 1.165) is 31.4 Å². The molecule has 1 aliphatic carbocycles. The van der Waals surface area contributed by atoms with Gasteiger partial charge in [0, 0.05) is 11.1 Å². The number of nitrogens with zero attached hydrogens (tertiary/aromatic N) is 2. The summed E-state index contributed by atoms with van der Waals surface area (Å²) in [5, 5.41) is 0.600. The van der Waals surface area contributed by atoms with Gasteiger partial charge in [-0.2, -0.15) is 0 Å². The van der Waals surface area contributed by atoms with E-state index in [9.17, 15) is 8.42 Å². The second-order valence-corrected chi connectivity index (χ2v) is 9.63. The van der Waals surface area contributed by atoms with Crippen LogP contribution in [0.15, 0.2) is 36.6 Å². The van der Waals surface area contributed by atoms with Crippen molar-refractivity contribution in [1.82, 2.24) is 8.96 Å². The Morgan fingerprint density at radius 2 is 2.00 bits per heavy atom. The van der Waals surface area contributed by atoms with E-state index in [1.54, 1.807) is 19.1 Å². The van der Waals surface area contributed by atoms with E-state index in [1.165, 1.54) is 10.2 Å². The number of nitrogens with two attached hydrogens (primary N) is 2. The summed E-state index contributed by atoms with van der Waals surface area (Å²) in [6, 6.07) is 1.84. The molecule has 6 nitrogen and oxygen atoms in total. The molecule has 0 spiro atoms. The van der Waals surface area contributed by atoms with Gasteiger partial charge in [0.25, 0.3) is 0 Å². The molecule has 146 valence electrons. The fourth-order valence-corrected chi connectivity index (χ4v) is 5.29. The number of pyridine rings is 1. The molecule has 4 N–H and O–H groups in total. The number of hydrogen-bond donors (Lipinski definition) is 2. The number of rotatable bonds is 7. The fourth-order valence-electron chi connectivity index (χ4n) is 3.49. The standard InChI is InChI=1S/C20H28N4O2S/c1-3-4-5-7-10-15-13-16-18(22)17(21)14-23-19(16)24(15)27(25,26)20(2)11-8-6-9-12-20/h6,8-9,11,13-14H,3-5,7,10,12,21H2,1-2H3,(H2,22,23). The topological polar surface area (TPSA) is 104 Å². The SMILES string of the molecule is CCCCCCc1cc2c(N)c(N)cnc2n1S(=O)(=O)C1(C)C=CC=CC1. The van der Waals surface area contributed by atoms with E-state index in [-0.39, 0.29) is 0 Å². The van der Waals surface area contributed by atoms with Crippen LogP contribution in [-0.2, 0) is 16.4 Å². The van der Waals surface area contributed by atoms with Crippen molar-refractivity contribution in [2.75, 3.05) is 11.5 Å². The molecule has 2 aromatic rings. The minimum absolute atomic E-state index is 0.358. The first-order chi connectivity index (χ1) is 12.8. The Kier molecular flexibility index (Phi) is 5.33. The monoisotopic (exact) mass is 388 g/mol. The Morgan fingerprint density at radius 1 is 1.22 bits per heavy atom. The van der Waals surface area contributed by atoms with Gasteiger partial charge in [-0.25, -0.2) is 17.4 Å². The lowest BCUT2D eigenvalue weighted by Gasteiger charge is -2.28. The van der Waals surface area contributed by atoms with Crippen LogP contribution in [0.3, 0.4) is 0 Å². The molecule has 0 saturated heterocycles. The number of aromatic nitrogens is 2. The lowest BCUT2D eigenvalue weighted by atomic mass is 10.0. The molecule has 1 atom stereocenters. The summed E-state index contributed by atoms with van der Waals surface area (Å²) in [5.41, 5.74) is 13.8. The number of nitrogen functional groups attached to an aromatic ring is 2. The van der Waals surface area contributed by atoms with E-state index in [4.69, 9.17) is 11.5 Å². The molecule has 0 saturated carbocycles. The van der Waals surface area contributed by atoms with E-state index in [1.807, 2.05) is 18.2 Å². The maximum Gasteiger partial charge on any atom is 0.249 e. The van der Waals surface area contributed by atoms with Gasteiger partial charge in [0.05, 0.1) is 17.6 Å². The van der Waals surface area contributed by atoms with Crippen LogP contribution < -0.4 is 11.5 Å². The minimum atomic E-state index is -3.73. The molecular weight excluding hydrogens is 360 g/mol. The van der Waals surface area contributed by atoms with Gasteiger partial charge < -0.3 is 11.5 Å². The number of fused-ring (bicyclic) bond motifs is 1. The van der Waals surface area contributed by atoms with Gasteiger partial charge in [0.15, 0.2) is 5.65 Å². The number of aryl methyl sites for hydroxylation is 1. The van der Waals surface area contributed by atoms with Crippen LogP contribution in [0.25, 0.3) is 11.0 Å². The normalized spacial score (nSPS) is 19.8. The number of allylic oxidation sites excluding steroid dienone is 3. The van der Waals surface area contributed by atoms with Crippen molar-refractivity contribution in [3.63, 3.8) is 0 Å². The van der Waals surface area contributed by atoms with Crippen molar-refractivity contribution in [3.8, 4) is 0 Å². The van der Waals surface area contributed by atoms with Gasteiger partial charge in [0.1, 0.15) is 4.75 Å². The van der Waals surface area contributed by atoms with E-state index in [2.05, 4.69) is 11.9 Å². The molecule has 0 aromatic carbocycles. The first-order valence-electron chi connectivity index (χ1n) is 9.45. The summed E-state index contributed by atoms with van der Waals surface area (Å²) >= 11 is 0. The molecule has 0 fully saturated rings. The lowest BCUT2D eigenvalue weighted by Crippen LogP contribution is -2.38. The number of anilines is 2. The van der Waals surface area contributed by atoms with Crippen LogP contribution in [0, 0.1) is 0 Å². The zero-order valence-electron chi connectivity index (χ0n) is 16.0. The van der Waals surface area contributed by atoms with Crippen LogP contribution in [-0.4, -0.2) is 22.1 Å². The molecule has 3 rings (SSSR count). The van der Waals surface area contributed by atoms with Gasteiger partial charge in [-0.05, 0) is 32.3 Å². The summed E-state index contributed by atoms with van der Waals surface area (Å²) in [5.74, 6) is 0. The van der Waals surface area contributed by atoms with E-state index in [0.29, 0.717) is 35.2 Å². The molecule has 7 heteroatoms. The first-order valence-corrected chi connectivity index (χ1v) is 10.9. The Morgan fingerprint density at radius 3 is 2.67 bits per heavy atom. The third kappa shape index (κ3) is 3.36. The lowest BCUT2D eigenvalue weighted by molar-refractivity contribution is 0.551. The maximum atomic E-state index is 13.7. The summed E-state index contributed by atoms with van der Waals surface area (Å²) in [7, 11) is -3.73. The van der Waals surface area contributed by atoms with E-state index >= 15 is 0 Å². The molecule has 2 heterocycles. The minimum Gasteiger partial charge on any atom is -0.396 e. The predicted molar refractivity (Wildman–Crippen MR) is 112 cm³/mol. The van der Waals surface area contributed by atoms with Crippen LogP contribution in [0.4, 0.5) is 11.4 Å². The molecule has 27 heavy (non-hydrogen) atoms. The molecule has 1 unspecified atom stereocenters. The van der Waals surface area contributed by atoms with Crippen molar-refractivity contribution >= 4 is 32.4 Å². The van der Waals surface area contributed by atoms with Crippen LogP contribution >= 0.6 is 0 Å². The van der Waals surface area contributed by atoms with Crippen molar-refractivity contribution in [2.24, 2.45) is 0 Å². The van der Waals surface area contributed by atoms with Gasteiger partial charge in [-0.3, -0.25) is 0 Å². The molecule has 0 radical (unpaired) electrons. The molecule has 0 amide bonds. The van der Waals surface area contributed by atoms with E-state index < -0.39 is 14.8 Å². The Balaban J connectivity index is 2.15. The molecule has 0 aliphatic heterocycles. The second-order valence-electron chi connectivity index (χ2n) is 7.38. The summed E-state index contributed by atoms with van der Waals surface area (Å²) < 4.78 is 27.7. The molecule has 0 bridgehead atoms. The summed E-state index contributed by atoms with van der Waals surface area (Å²) in [4.78, 5) is 4.34. The fraction of sp³-hybridized carbons (Fsp3) is 0.450. The highest BCUT2D eigenvalue weighted by Gasteiger charge is 2.40. The van der Waals surface area contributed by atoms with Crippen LogP contribution in [0.2, 0.25) is 0 Å².